The van der Waals surface area contributed by atoms with Crippen molar-refractivity contribution in [2.24, 2.45) is 0 Å². The normalized spacial score (nSPS) is 10.2. The van der Waals surface area contributed by atoms with Crippen LogP contribution in [0, 0.1) is 0 Å². The van der Waals surface area contributed by atoms with Crippen molar-refractivity contribution in [3.8, 4) is 0 Å². The van der Waals surface area contributed by atoms with Gasteiger partial charge in [0.05, 0.1) is 5.56 Å². The molecular formula is C9H6BrF2NO3. The third-order valence-electron chi connectivity index (χ3n) is 1.61. The van der Waals surface area contributed by atoms with Gasteiger partial charge in [0.15, 0.2) is 0 Å². The summed E-state index contributed by atoms with van der Waals surface area (Å²) < 4.78 is 24.2. The average Bonchev–Trinajstić information content (AvgIpc) is 2.16. The highest BCUT2D eigenvalue weighted by atomic mass is 79.9. The van der Waals surface area contributed by atoms with Crippen LogP contribution in [-0.2, 0) is 4.79 Å². The van der Waals surface area contributed by atoms with Gasteiger partial charge in [0.1, 0.15) is 0 Å². The van der Waals surface area contributed by atoms with Crippen molar-refractivity contribution >= 4 is 33.5 Å². The molecule has 0 heterocycles. The standard InChI is InChI=1S/C9H6BrF2NO3/c10-5-1-4(9(15)16)2-6(3-5)13-8(14)7(11)12/h1-3,7H,(H,13,14)(H,15,16). The van der Waals surface area contributed by atoms with E-state index in [2.05, 4.69) is 15.9 Å². The summed E-state index contributed by atoms with van der Waals surface area (Å²) >= 11 is 3.01. The van der Waals surface area contributed by atoms with E-state index in [1.807, 2.05) is 5.32 Å². The summed E-state index contributed by atoms with van der Waals surface area (Å²) in [6, 6.07) is 3.71. The lowest BCUT2D eigenvalue weighted by molar-refractivity contribution is -0.126. The number of alkyl halides is 2. The number of carboxylic acids is 1. The van der Waals surface area contributed by atoms with Crippen LogP contribution in [0.25, 0.3) is 0 Å². The summed E-state index contributed by atoms with van der Waals surface area (Å²) in [4.78, 5) is 21.3. The van der Waals surface area contributed by atoms with Gasteiger partial charge >= 0.3 is 12.4 Å². The first kappa shape index (κ1) is 12.6. The van der Waals surface area contributed by atoms with Gasteiger partial charge in [0.25, 0.3) is 5.91 Å². The Bertz CT molecular complexity index is 437. The van der Waals surface area contributed by atoms with Crippen LogP contribution in [-0.4, -0.2) is 23.4 Å². The highest BCUT2D eigenvalue weighted by molar-refractivity contribution is 9.10. The number of carbonyl (C=O) groups excluding carboxylic acids is 1. The molecule has 0 unspecified atom stereocenters. The van der Waals surface area contributed by atoms with E-state index < -0.39 is 18.3 Å². The number of hydrogen-bond donors (Lipinski definition) is 2. The molecule has 7 heteroatoms. The van der Waals surface area contributed by atoms with Crippen molar-refractivity contribution < 1.29 is 23.5 Å². The number of benzene rings is 1. The Balaban J connectivity index is 2.97. The summed E-state index contributed by atoms with van der Waals surface area (Å²) in [5.74, 6) is -2.69. The third-order valence-corrected chi connectivity index (χ3v) is 2.07. The van der Waals surface area contributed by atoms with Gasteiger partial charge in [-0.3, -0.25) is 4.79 Å². The van der Waals surface area contributed by atoms with E-state index in [1.165, 1.54) is 12.1 Å². The van der Waals surface area contributed by atoms with E-state index in [1.54, 1.807) is 0 Å². The van der Waals surface area contributed by atoms with E-state index in [-0.39, 0.29) is 11.3 Å². The first-order valence-electron chi connectivity index (χ1n) is 4.03. The molecule has 0 aromatic heterocycles. The molecule has 0 aliphatic rings. The fourth-order valence-corrected chi connectivity index (χ4v) is 1.48. The Morgan fingerprint density at radius 3 is 2.44 bits per heavy atom. The number of anilines is 1. The number of halogens is 3. The maximum atomic E-state index is 11.9. The van der Waals surface area contributed by atoms with E-state index in [0.29, 0.717) is 4.47 Å². The monoisotopic (exact) mass is 293 g/mol. The molecule has 0 fully saturated rings. The molecule has 0 spiro atoms. The molecule has 1 aromatic rings. The Hall–Kier alpha value is -1.50. The van der Waals surface area contributed by atoms with Crippen LogP contribution in [0.1, 0.15) is 10.4 Å². The van der Waals surface area contributed by atoms with Gasteiger partial charge in [-0.05, 0) is 18.2 Å². The fraction of sp³-hybridized carbons (Fsp3) is 0.111. The summed E-state index contributed by atoms with van der Waals surface area (Å²) in [5, 5.41) is 10.6. The van der Waals surface area contributed by atoms with E-state index in [0.717, 1.165) is 6.07 Å². The number of aromatic carboxylic acids is 1. The van der Waals surface area contributed by atoms with Gasteiger partial charge in [-0.2, -0.15) is 8.78 Å². The number of hydrogen-bond acceptors (Lipinski definition) is 2. The van der Waals surface area contributed by atoms with Crippen molar-refractivity contribution in [2.75, 3.05) is 5.32 Å². The molecule has 4 nitrogen and oxygen atoms in total. The SMILES string of the molecule is O=C(O)c1cc(Br)cc(NC(=O)C(F)F)c1. The average molecular weight is 294 g/mol. The van der Waals surface area contributed by atoms with Gasteiger partial charge in [0, 0.05) is 10.2 Å². The second-order valence-corrected chi connectivity index (χ2v) is 3.74. The number of carbonyl (C=O) groups is 2. The molecule has 86 valence electrons. The molecule has 16 heavy (non-hydrogen) atoms. The third kappa shape index (κ3) is 3.27. The van der Waals surface area contributed by atoms with Crippen LogP contribution >= 0.6 is 15.9 Å². The summed E-state index contributed by atoms with van der Waals surface area (Å²) in [6.07, 6.45) is -3.15. The molecule has 0 aliphatic carbocycles. The van der Waals surface area contributed by atoms with Crippen LogP contribution in [0.2, 0.25) is 0 Å². The highest BCUT2D eigenvalue weighted by Crippen LogP contribution is 2.20. The molecule has 0 aliphatic heterocycles. The van der Waals surface area contributed by atoms with Gasteiger partial charge in [-0.1, -0.05) is 15.9 Å². The number of carboxylic acid groups (broad SMARTS) is 1. The van der Waals surface area contributed by atoms with Crippen molar-refractivity contribution in [1.82, 2.24) is 0 Å². The zero-order valence-electron chi connectivity index (χ0n) is 7.71. The second kappa shape index (κ2) is 5.02. The summed E-state index contributed by atoms with van der Waals surface area (Å²) in [7, 11) is 0. The minimum absolute atomic E-state index is 0.00271. The molecule has 1 rings (SSSR count). The lowest BCUT2D eigenvalue weighted by Gasteiger charge is -2.06. The maximum absolute atomic E-state index is 11.9. The zero-order valence-corrected chi connectivity index (χ0v) is 9.29. The van der Waals surface area contributed by atoms with Crippen molar-refractivity contribution in [3.63, 3.8) is 0 Å². The van der Waals surface area contributed by atoms with Crippen LogP contribution in [0.3, 0.4) is 0 Å². The van der Waals surface area contributed by atoms with E-state index >= 15 is 0 Å². The van der Waals surface area contributed by atoms with E-state index in [4.69, 9.17) is 5.11 Å². The van der Waals surface area contributed by atoms with Crippen molar-refractivity contribution in [3.05, 3.63) is 28.2 Å². The second-order valence-electron chi connectivity index (χ2n) is 2.82. The minimum Gasteiger partial charge on any atom is -0.478 e. The molecule has 0 atom stereocenters. The minimum atomic E-state index is -3.15. The van der Waals surface area contributed by atoms with Gasteiger partial charge in [0.2, 0.25) is 0 Å². The Morgan fingerprint density at radius 1 is 1.31 bits per heavy atom. The van der Waals surface area contributed by atoms with Crippen LogP contribution in [0.4, 0.5) is 14.5 Å². The molecule has 1 amide bonds. The first-order chi connectivity index (χ1) is 7.40. The van der Waals surface area contributed by atoms with Crippen molar-refractivity contribution in [1.29, 1.82) is 0 Å². The summed E-state index contributed by atoms with van der Waals surface area (Å²) in [6.45, 7) is 0. The van der Waals surface area contributed by atoms with Crippen LogP contribution in [0.15, 0.2) is 22.7 Å². The molecule has 1 aromatic carbocycles. The van der Waals surface area contributed by atoms with E-state index in [9.17, 15) is 18.4 Å². The molecule has 2 N–H and O–H groups in total. The van der Waals surface area contributed by atoms with Crippen molar-refractivity contribution in [2.45, 2.75) is 6.43 Å². The maximum Gasteiger partial charge on any atom is 0.335 e. The Morgan fingerprint density at radius 2 is 1.94 bits per heavy atom. The first-order valence-corrected chi connectivity index (χ1v) is 4.82. The lowest BCUT2D eigenvalue weighted by Crippen LogP contribution is -2.20. The predicted molar refractivity (Wildman–Crippen MR) is 55.7 cm³/mol. The largest absolute Gasteiger partial charge is 0.478 e. The molecule has 0 bridgehead atoms. The molecule has 0 saturated heterocycles. The molecular weight excluding hydrogens is 288 g/mol. The number of amides is 1. The Kier molecular flexibility index (Phi) is 3.94. The fourth-order valence-electron chi connectivity index (χ4n) is 0.982. The quantitative estimate of drug-likeness (QED) is 0.899. The predicted octanol–water partition coefficient (Wildman–Crippen LogP) is 2.35. The lowest BCUT2D eigenvalue weighted by atomic mass is 10.2. The van der Waals surface area contributed by atoms with Crippen LogP contribution in [0.5, 0.6) is 0 Å². The van der Waals surface area contributed by atoms with Gasteiger partial charge in [-0.25, -0.2) is 4.79 Å². The Labute approximate surface area is 97.4 Å². The topological polar surface area (TPSA) is 66.4 Å². The smallest absolute Gasteiger partial charge is 0.335 e. The zero-order chi connectivity index (χ0) is 12.3. The van der Waals surface area contributed by atoms with Crippen LogP contribution < -0.4 is 5.32 Å². The highest BCUT2D eigenvalue weighted by Gasteiger charge is 2.16. The van der Waals surface area contributed by atoms with Gasteiger partial charge < -0.3 is 10.4 Å². The number of nitrogens with one attached hydrogen (secondary N) is 1. The summed E-state index contributed by atoms with van der Waals surface area (Å²) in [5.41, 5.74) is -0.115. The number of rotatable bonds is 3. The molecule has 0 saturated carbocycles. The molecule has 0 radical (unpaired) electrons. The van der Waals surface area contributed by atoms with Gasteiger partial charge in [-0.15, -0.1) is 0 Å².